The molecule has 2 aromatic rings. The Kier molecular flexibility index (Phi) is 8.58. The van der Waals surface area contributed by atoms with Gasteiger partial charge in [0.15, 0.2) is 0 Å². The molecule has 0 aromatic heterocycles. The van der Waals surface area contributed by atoms with Gasteiger partial charge in [-0.05, 0) is 42.7 Å². The number of carbonyl (C=O) groups excluding carboxylic acids is 2. The molecule has 1 aliphatic heterocycles. The number of aryl methyl sites for hydroxylation is 1. The van der Waals surface area contributed by atoms with Crippen molar-refractivity contribution in [1.82, 2.24) is 9.80 Å². The van der Waals surface area contributed by atoms with Gasteiger partial charge in [-0.3, -0.25) is 14.5 Å². The number of para-hydroxylation sites is 1. The van der Waals surface area contributed by atoms with Crippen LogP contribution in [0.4, 0.5) is 5.69 Å². The largest absolute Gasteiger partial charge is 0.497 e. The van der Waals surface area contributed by atoms with Gasteiger partial charge in [-0.2, -0.15) is 0 Å². The van der Waals surface area contributed by atoms with Crippen molar-refractivity contribution in [2.45, 2.75) is 19.3 Å². The minimum Gasteiger partial charge on any atom is -0.497 e. The number of halogens is 2. The number of anilines is 1. The van der Waals surface area contributed by atoms with Crippen LogP contribution >= 0.6 is 23.2 Å². The van der Waals surface area contributed by atoms with Crippen molar-refractivity contribution in [1.29, 1.82) is 0 Å². The maximum absolute atomic E-state index is 12.7. The highest BCUT2D eigenvalue weighted by Crippen LogP contribution is 2.29. The van der Waals surface area contributed by atoms with Crippen LogP contribution in [0.25, 0.3) is 0 Å². The maximum atomic E-state index is 12.7. The minimum atomic E-state index is -0.172. The molecule has 2 amide bonds. The fourth-order valence-corrected chi connectivity index (χ4v) is 4.07. The highest BCUT2D eigenvalue weighted by molar-refractivity contribution is 6.39. The first kappa shape index (κ1) is 23.4. The van der Waals surface area contributed by atoms with Gasteiger partial charge in [0, 0.05) is 32.6 Å². The van der Waals surface area contributed by atoms with E-state index in [1.165, 1.54) is 0 Å². The highest BCUT2D eigenvalue weighted by Gasteiger charge is 2.21. The fourth-order valence-electron chi connectivity index (χ4n) is 3.58. The van der Waals surface area contributed by atoms with E-state index in [4.69, 9.17) is 27.9 Å². The van der Waals surface area contributed by atoms with Crippen LogP contribution in [-0.2, 0) is 16.0 Å². The Bertz CT molecular complexity index is 885. The van der Waals surface area contributed by atoms with E-state index in [0.29, 0.717) is 48.2 Å². The molecule has 0 aliphatic carbocycles. The number of hydrogen-bond donors (Lipinski definition) is 1. The number of carbonyl (C=O) groups is 2. The molecule has 31 heavy (non-hydrogen) atoms. The Balaban J connectivity index is 1.45. The molecule has 1 fully saturated rings. The SMILES string of the molecule is COc1ccc(CCC(=O)N2CCCN(CC(=O)Nc3c(Cl)cccc3Cl)CC2)cc1. The number of rotatable bonds is 7. The van der Waals surface area contributed by atoms with E-state index in [2.05, 4.69) is 10.2 Å². The summed E-state index contributed by atoms with van der Waals surface area (Å²) in [4.78, 5) is 29.1. The zero-order valence-corrected chi connectivity index (χ0v) is 19.1. The van der Waals surface area contributed by atoms with Crippen LogP contribution in [0.3, 0.4) is 0 Å². The summed E-state index contributed by atoms with van der Waals surface area (Å²) < 4.78 is 5.16. The highest BCUT2D eigenvalue weighted by atomic mass is 35.5. The molecule has 1 heterocycles. The summed E-state index contributed by atoms with van der Waals surface area (Å²) in [5.74, 6) is 0.780. The molecule has 0 radical (unpaired) electrons. The topological polar surface area (TPSA) is 61.9 Å². The van der Waals surface area contributed by atoms with Gasteiger partial charge in [0.1, 0.15) is 5.75 Å². The number of methoxy groups -OCH3 is 1. The first-order chi connectivity index (χ1) is 15.0. The number of nitrogens with zero attached hydrogens (tertiary/aromatic N) is 2. The van der Waals surface area contributed by atoms with E-state index in [-0.39, 0.29) is 18.4 Å². The molecule has 6 nitrogen and oxygen atoms in total. The van der Waals surface area contributed by atoms with Crippen LogP contribution in [0, 0.1) is 0 Å². The Morgan fingerprint density at radius 2 is 1.71 bits per heavy atom. The Morgan fingerprint density at radius 1 is 1.00 bits per heavy atom. The molecule has 166 valence electrons. The van der Waals surface area contributed by atoms with E-state index < -0.39 is 0 Å². The van der Waals surface area contributed by atoms with Gasteiger partial charge in [0.25, 0.3) is 0 Å². The normalized spacial score (nSPS) is 14.7. The summed E-state index contributed by atoms with van der Waals surface area (Å²) in [5.41, 5.74) is 1.54. The summed E-state index contributed by atoms with van der Waals surface area (Å²) in [6, 6.07) is 12.9. The standard InChI is InChI=1S/C23H27Cl2N3O3/c1-31-18-9-6-17(7-10-18)8-11-22(30)28-13-3-12-27(14-15-28)16-21(29)26-23-19(24)4-2-5-20(23)25/h2,4-7,9-10H,3,8,11-16H2,1H3,(H,26,29). The lowest BCUT2D eigenvalue weighted by molar-refractivity contribution is -0.131. The van der Waals surface area contributed by atoms with Crippen molar-refractivity contribution in [3.8, 4) is 5.75 Å². The molecule has 0 unspecified atom stereocenters. The summed E-state index contributed by atoms with van der Waals surface area (Å²) in [5, 5.41) is 3.61. The van der Waals surface area contributed by atoms with Gasteiger partial charge in [-0.15, -0.1) is 0 Å². The van der Waals surface area contributed by atoms with Crippen LogP contribution in [-0.4, -0.2) is 61.4 Å². The van der Waals surface area contributed by atoms with Crippen molar-refractivity contribution in [2.75, 3.05) is 45.2 Å². The van der Waals surface area contributed by atoms with E-state index in [1.54, 1.807) is 25.3 Å². The van der Waals surface area contributed by atoms with E-state index in [1.807, 2.05) is 29.2 Å². The smallest absolute Gasteiger partial charge is 0.238 e. The monoisotopic (exact) mass is 463 g/mol. The molecule has 8 heteroatoms. The second kappa shape index (κ2) is 11.4. The lowest BCUT2D eigenvalue weighted by atomic mass is 10.1. The molecule has 0 saturated carbocycles. The van der Waals surface area contributed by atoms with E-state index >= 15 is 0 Å². The molecule has 2 aromatic carbocycles. The van der Waals surface area contributed by atoms with Crippen LogP contribution in [0.1, 0.15) is 18.4 Å². The lowest BCUT2D eigenvalue weighted by Gasteiger charge is -2.22. The van der Waals surface area contributed by atoms with E-state index in [0.717, 1.165) is 24.3 Å². The zero-order chi connectivity index (χ0) is 22.2. The van der Waals surface area contributed by atoms with Crippen LogP contribution in [0.15, 0.2) is 42.5 Å². The molecule has 0 bridgehead atoms. The van der Waals surface area contributed by atoms with Crippen molar-refractivity contribution < 1.29 is 14.3 Å². The number of nitrogens with one attached hydrogen (secondary N) is 1. The quantitative estimate of drug-likeness (QED) is 0.670. The Morgan fingerprint density at radius 3 is 2.39 bits per heavy atom. The lowest BCUT2D eigenvalue weighted by Crippen LogP contribution is -2.38. The summed E-state index contributed by atoms with van der Waals surface area (Å²) in [6.45, 7) is 2.96. The Hall–Kier alpha value is -2.28. The Labute approximate surface area is 193 Å². The van der Waals surface area contributed by atoms with Crippen molar-refractivity contribution in [3.05, 3.63) is 58.1 Å². The molecular weight excluding hydrogens is 437 g/mol. The molecule has 0 spiro atoms. The van der Waals surface area contributed by atoms with Gasteiger partial charge in [-0.1, -0.05) is 41.4 Å². The number of benzene rings is 2. The third-order valence-electron chi connectivity index (χ3n) is 5.32. The fraction of sp³-hybridized carbons (Fsp3) is 0.391. The minimum absolute atomic E-state index is 0.143. The number of hydrogen-bond acceptors (Lipinski definition) is 4. The van der Waals surface area contributed by atoms with Gasteiger partial charge in [0.2, 0.25) is 11.8 Å². The van der Waals surface area contributed by atoms with Gasteiger partial charge in [-0.25, -0.2) is 0 Å². The molecule has 1 N–H and O–H groups in total. The van der Waals surface area contributed by atoms with Crippen molar-refractivity contribution in [3.63, 3.8) is 0 Å². The summed E-state index contributed by atoms with van der Waals surface area (Å²) >= 11 is 12.2. The molecule has 3 rings (SSSR count). The third-order valence-corrected chi connectivity index (χ3v) is 5.95. The van der Waals surface area contributed by atoms with Gasteiger partial charge >= 0.3 is 0 Å². The summed E-state index contributed by atoms with van der Waals surface area (Å²) in [6.07, 6.45) is 2.00. The first-order valence-corrected chi connectivity index (χ1v) is 11.1. The van der Waals surface area contributed by atoms with E-state index in [9.17, 15) is 9.59 Å². The second-order valence-electron chi connectivity index (χ2n) is 7.50. The molecule has 0 atom stereocenters. The van der Waals surface area contributed by atoms with Gasteiger partial charge in [0.05, 0.1) is 29.4 Å². The van der Waals surface area contributed by atoms with Crippen LogP contribution in [0.5, 0.6) is 5.75 Å². The first-order valence-electron chi connectivity index (χ1n) is 10.3. The third kappa shape index (κ3) is 6.86. The van der Waals surface area contributed by atoms with Gasteiger partial charge < -0.3 is 15.0 Å². The van der Waals surface area contributed by atoms with Crippen molar-refractivity contribution >= 4 is 40.7 Å². The summed E-state index contributed by atoms with van der Waals surface area (Å²) in [7, 11) is 1.64. The molecule has 1 aliphatic rings. The predicted octanol–water partition coefficient (Wildman–Crippen LogP) is 4.11. The zero-order valence-electron chi connectivity index (χ0n) is 17.6. The predicted molar refractivity (Wildman–Crippen MR) is 124 cm³/mol. The molecule has 1 saturated heterocycles. The maximum Gasteiger partial charge on any atom is 0.238 e. The number of amides is 2. The van der Waals surface area contributed by atoms with Crippen LogP contribution in [0.2, 0.25) is 10.0 Å². The average Bonchev–Trinajstić information content (AvgIpc) is 3.00. The number of ether oxygens (including phenoxy) is 1. The second-order valence-corrected chi connectivity index (χ2v) is 8.32. The van der Waals surface area contributed by atoms with Crippen LogP contribution < -0.4 is 10.1 Å². The molecular formula is C23H27Cl2N3O3. The van der Waals surface area contributed by atoms with Crippen molar-refractivity contribution in [2.24, 2.45) is 0 Å². The average molecular weight is 464 g/mol.